The molecule has 4 amide bonds. The summed E-state index contributed by atoms with van der Waals surface area (Å²) in [4.78, 5) is 41.6. The summed E-state index contributed by atoms with van der Waals surface area (Å²) >= 11 is 0. The maximum absolute atomic E-state index is 12.6. The van der Waals surface area contributed by atoms with E-state index in [2.05, 4.69) is 15.6 Å². The van der Waals surface area contributed by atoms with Gasteiger partial charge in [-0.15, -0.1) is 0 Å². The van der Waals surface area contributed by atoms with Crippen molar-refractivity contribution in [1.29, 1.82) is 0 Å². The molecule has 2 aromatic rings. The SMILES string of the molecule is O=C(CC[C@@H]1NC(=O)N(CCc2c[nH]c3ccccc23)C1=O)NC1CCCCC1. The molecule has 1 aromatic carbocycles. The first-order valence-electron chi connectivity index (χ1n) is 10.6. The molecule has 2 fully saturated rings. The van der Waals surface area contributed by atoms with Crippen molar-refractivity contribution in [2.24, 2.45) is 0 Å². The summed E-state index contributed by atoms with van der Waals surface area (Å²) in [5.74, 6) is -0.267. The van der Waals surface area contributed by atoms with Crippen molar-refractivity contribution >= 4 is 28.7 Å². The van der Waals surface area contributed by atoms with Crippen LogP contribution in [0, 0.1) is 0 Å². The summed E-state index contributed by atoms with van der Waals surface area (Å²) in [6, 6.07) is 7.26. The molecule has 0 radical (unpaired) electrons. The number of aromatic amines is 1. The maximum Gasteiger partial charge on any atom is 0.324 e. The molecule has 0 bridgehead atoms. The predicted molar refractivity (Wildman–Crippen MR) is 110 cm³/mol. The molecule has 2 aliphatic rings. The molecule has 1 saturated heterocycles. The van der Waals surface area contributed by atoms with Crippen molar-refractivity contribution in [1.82, 2.24) is 20.5 Å². The number of aromatic nitrogens is 1. The Morgan fingerprint density at radius 2 is 1.93 bits per heavy atom. The lowest BCUT2D eigenvalue weighted by molar-refractivity contribution is -0.127. The van der Waals surface area contributed by atoms with E-state index in [1.165, 1.54) is 11.3 Å². The zero-order valence-corrected chi connectivity index (χ0v) is 16.6. The van der Waals surface area contributed by atoms with Gasteiger partial charge in [0.05, 0.1) is 0 Å². The molecule has 1 saturated carbocycles. The van der Waals surface area contributed by atoms with Gasteiger partial charge in [-0.25, -0.2) is 4.79 Å². The number of fused-ring (bicyclic) bond motifs is 1. The molecule has 4 rings (SSSR count). The van der Waals surface area contributed by atoms with Crippen LogP contribution in [0.3, 0.4) is 0 Å². The van der Waals surface area contributed by atoms with Gasteiger partial charge in [-0.05, 0) is 37.3 Å². The number of para-hydroxylation sites is 1. The Bertz CT molecular complexity index is 900. The molecule has 7 nitrogen and oxygen atoms in total. The molecule has 0 unspecified atom stereocenters. The van der Waals surface area contributed by atoms with Crippen LogP contribution in [0.2, 0.25) is 0 Å². The van der Waals surface area contributed by atoms with E-state index in [4.69, 9.17) is 0 Å². The second kappa shape index (κ2) is 8.68. The summed E-state index contributed by atoms with van der Waals surface area (Å²) in [6.07, 6.45) is 8.74. The number of nitrogens with one attached hydrogen (secondary N) is 3. The second-order valence-corrected chi connectivity index (χ2v) is 8.04. The minimum absolute atomic E-state index is 0.0313. The normalized spacial score (nSPS) is 20.3. The summed E-state index contributed by atoms with van der Waals surface area (Å²) in [5.41, 5.74) is 2.12. The highest BCUT2D eigenvalue weighted by Crippen LogP contribution is 2.20. The number of amides is 4. The Kier molecular flexibility index (Phi) is 5.83. The smallest absolute Gasteiger partial charge is 0.324 e. The largest absolute Gasteiger partial charge is 0.361 e. The van der Waals surface area contributed by atoms with Gasteiger partial charge in [-0.1, -0.05) is 37.5 Å². The molecule has 7 heteroatoms. The number of carbonyl (C=O) groups is 3. The van der Waals surface area contributed by atoms with Gasteiger partial charge in [0.25, 0.3) is 5.91 Å². The van der Waals surface area contributed by atoms with Crippen LogP contribution in [-0.2, 0) is 16.0 Å². The lowest BCUT2D eigenvalue weighted by Crippen LogP contribution is -2.38. The minimum Gasteiger partial charge on any atom is -0.361 e. The number of urea groups is 1. The van der Waals surface area contributed by atoms with Gasteiger partial charge in [0.15, 0.2) is 0 Å². The first-order valence-corrected chi connectivity index (χ1v) is 10.6. The van der Waals surface area contributed by atoms with Crippen LogP contribution in [0.5, 0.6) is 0 Å². The minimum atomic E-state index is -0.609. The van der Waals surface area contributed by atoms with Crippen molar-refractivity contribution in [2.45, 2.75) is 63.5 Å². The first kappa shape index (κ1) is 19.5. The van der Waals surface area contributed by atoms with Crippen molar-refractivity contribution in [3.05, 3.63) is 36.0 Å². The lowest BCUT2D eigenvalue weighted by atomic mass is 9.95. The number of carbonyl (C=O) groups excluding carboxylic acids is 3. The van der Waals surface area contributed by atoms with Crippen LogP contribution in [0.1, 0.15) is 50.5 Å². The number of benzene rings is 1. The highest BCUT2D eigenvalue weighted by atomic mass is 16.2. The third-order valence-corrected chi connectivity index (χ3v) is 6.02. The van der Waals surface area contributed by atoms with E-state index in [1.807, 2.05) is 30.5 Å². The third kappa shape index (κ3) is 4.44. The molecule has 1 aliphatic carbocycles. The average molecular weight is 396 g/mol. The van der Waals surface area contributed by atoms with Crippen molar-refractivity contribution in [3.63, 3.8) is 0 Å². The molecule has 154 valence electrons. The number of nitrogens with zero attached hydrogens (tertiary/aromatic N) is 1. The summed E-state index contributed by atoms with van der Waals surface area (Å²) in [5, 5.41) is 6.90. The molecular weight excluding hydrogens is 368 g/mol. The van der Waals surface area contributed by atoms with Crippen LogP contribution < -0.4 is 10.6 Å². The topological polar surface area (TPSA) is 94.3 Å². The Morgan fingerprint density at radius 3 is 2.76 bits per heavy atom. The van der Waals surface area contributed by atoms with Crippen LogP contribution >= 0.6 is 0 Å². The van der Waals surface area contributed by atoms with Crippen molar-refractivity contribution < 1.29 is 14.4 Å². The number of imide groups is 1. The predicted octanol–water partition coefficient (Wildman–Crippen LogP) is 2.86. The van der Waals surface area contributed by atoms with E-state index in [0.29, 0.717) is 19.4 Å². The monoisotopic (exact) mass is 396 g/mol. The van der Waals surface area contributed by atoms with Gasteiger partial charge in [0.2, 0.25) is 5.91 Å². The highest BCUT2D eigenvalue weighted by molar-refractivity contribution is 6.04. The van der Waals surface area contributed by atoms with E-state index in [1.54, 1.807) is 0 Å². The molecule has 1 aromatic heterocycles. The van der Waals surface area contributed by atoms with E-state index in [0.717, 1.165) is 42.1 Å². The lowest BCUT2D eigenvalue weighted by Gasteiger charge is -2.22. The third-order valence-electron chi connectivity index (χ3n) is 6.02. The zero-order chi connectivity index (χ0) is 20.2. The van der Waals surface area contributed by atoms with Gasteiger partial charge < -0.3 is 15.6 Å². The molecule has 29 heavy (non-hydrogen) atoms. The van der Waals surface area contributed by atoms with Crippen LogP contribution in [-0.4, -0.2) is 46.4 Å². The molecular formula is C22H28N4O3. The molecule has 3 N–H and O–H groups in total. The van der Waals surface area contributed by atoms with E-state index in [9.17, 15) is 14.4 Å². The number of hydrogen-bond acceptors (Lipinski definition) is 3. The van der Waals surface area contributed by atoms with E-state index >= 15 is 0 Å². The van der Waals surface area contributed by atoms with Gasteiger partial charge in [-0.2, -0.15) is 0 Å². The number of hydrogen-bond donors (Lipinski definition) is 3. The fraction of sp³-hybridized carbons (Fsp3) is 0.500. The summed E-state index contributed by atoms with van der Waals surface area (Å²) in [6.45, 7) is 0.331. The van der Waals surface area contributed by atoms with Gasteiger partial charge in [0.1, 0.15) is 6.04 Å². The van der Waals surface area contributed by atoms with Crippen LogP contribution in [0.25, 0.3) is 10.9 Å². The van der Waals surface area contributed by atoms with Crippen LogP contribution in [0.15, 0.2) is 30.5 Å². The first-order chi connectivity index (χ1) is 14.1. The van der Waals surface area contributed by atoms with Gasteiger partial charge in [0, 0.05) is 36.1 Å². The van der Waals surface area contributed by atoms with Crippen LogP contribution in [0.4, 0.5) is 4.79 Å². The molecule has 2 heterocycles. The van der Waals surface area contributed by atoms with Crippen molar-refractivity contribution in [3.8, 4) is 0 Å². The highest BCUT2D eigenvalue weighted by Gasteiger charge is 2.37. The maximum atomic E-state index is 12.6. The number of rotatable bonds is 7. The summed E-state index contributed by atoms with van der Waals surface area (Å²) in [7, 11) is 0. The van der Waals surface area contributed by atoms with Gasteiger partial charge in [-0.3, -0.25) is 14.5 Å². The average Bonchev–Trinajstić information content (AvgIpc) is 3.26. The quantitative estimate of drug-likeness (QED) is 0.628. The Morgan fingerprint density at radius 1 is 1.14 bits per heavy atom. The molecule has 1 aliphatic heterocycles. The Labute approximate surface area is 170 Å². The standard InChI is InChI=1S/C22H28N4O3/c27-20(24-16-6-2-1-3-7-16)11-10-19-21(28)26(22(29)25-19)13-12-15-14-23-18-9-5-4-8-17(15)18/h4-5,8-9,14,16,19,23H,1-3,6-7,10-13H2,(H,24,27)(H,25,29)/t19-/m0/s1. The molecule has 0 spiro atoms. The molecule has 1 atom stereocenters. The Hall–Kier alpha value is -2.83. The van der Waals surface area contributed by atoms with E-state index in [-0.39, 0.29) is 30.3 Å². The fourth-order valence-electron chi connectivity index (χ4n) is 4.38. The second-order valence-electron chi connectivity index (χ2n) is 8.04. The van der Waals surface area contributed by atoms with Crippen molar-refractivity contribution in [2.75, 3.05) is 6.54 Å². The Balaban J connectivity index is 1.27. The number of H-pyrrole nitrogens is 1. The zero-order valence-electron chi connectivity index (χ0n) is 16.6. The van der Waals surface area contributed by atoms with Gasteiger partial charge >= 0.3 is 6.03 Å². The fourth-order valence-corrected chi connectivity index (χ4v) is 4.38. The summed E-state index contributed by atoms with van der Waals surface area (Å²) < 4.78 is 0. The van der Waals surface area contributed by atoms with E-state index < -0.39 is 6.04 Å².